The van der Waals surface area contributed by atoms with Crippen LogP contribution in [0.25, 0.3) is 22.6 Å². The van der Waals surface area contributed by atoms with Crippen LogP contribution >= 0.6 is 11.6 Å². The van der Waals surface area contributed by atoms with E-state index in [4.69, 9.17) is 20.6 Å². The van der Waals surface area contributed by atoms with Crippen LogP contribution in [0.15, 0.2) is 69.7 Å². The molecule has 28 heavy (non-hydrogen) atoms. The Kier molecular flexibility index (Phi) is 4.95. The molecule has 6 nitrogen and oxygen atoms in total. The molecule has 2 aromatic heterocycles. The lowest BCUT2D eigenvalue weighted by molar-refractivity contribution is 0.0938. The van der Waals surface area contributed by atoms with Gasteiger partial charge in [-0.25, -0.2) is 0 Å². The van der Waals surface area contributed by atoms with Crippen LogP contribution < -0.4 is 5.32 Å². The van der Waals surface area contributed by atoms with Crippen LogP contribution in [0, 0.1) is 6.92 Å². The predicted octanol–water partition coefficient (Wildman–Crippen LogP) is 4.89. The molecule has 0 aliphatic carbocycles. The molecule has 1 N–H and O–H groups in total. The number of benzene rings is 2. The van der Waals surface area contributed by atoms with Crippen molar-refractivity contribution in [1.82, 2.24) is 15.6 Å². The Hall–Kier alpha value is -3.38. The topological polar surface area (TPSA) is 81.2 Å². The third-order valence-electron chi connectivity index (χ3n) is 4.20. The van der Waals surface area contributed by atoms with Crippen molar-refractivity contribution in [2.45, 2.75) is 13.5 Å². The zero-order valence-electron chi connectivity index (χ0n) is 15.0. The molecule has 0 saturated carbocycles. The molecule has 1 amide bonds. The maximum atomic E-state index is 12.3. The first-order valence-electron chi connectivity index (χ1n) is 8.62. The Morgan fingerprint density at radius 2 is 1.68 bits per heavy atom. The molecule has 4 aromatic rings. The fourth-order valence-electron chi connectivity index (χ4n) is 2.65. The maximum Gasteiger partial charge on any atom is 0.273 e. The molecule has 7 heteroatoms. The Bertz CT molecular complexity index is 1100. The monoisotopic (exact) mass is 393 g/mol. The van der Waals surface area contributed by atoms with Gasteiger partial charge in [0.2, 0.25) is 0 Å². The normalized spacial score (nSPS) is 10.8. The van der Waals surface area contributed by atoms with Crippen LogP contribution in [0.5, 0.6) is 0 Å². The number of hydrogen-bond donors (Lipinski definition) is 1. The number of aromatic nitrogens is 2. The van der Waals surface area contributed by atoms with E-state index in [1.165, 1.54) is 0 Å². The molecule has 0 spiro atoms. The van der Waals surface area contributed by atoms with Crippen molar-refractivity contribution in [3.8, 4) is 22.6 Å². The third kappa shape index (κ3) is 3.97. The largest absolute Gasteiger partial charge is 0.359 e. The number of aryl methyl sites for hydroxylation is 1. The van der Waals surface area contributed by atoms with Crippen LogP contribution in [0.2, 0.25) is 5.02 Å². The molecule has 0 aliphatic heterocycles. The lowest BCUT2D eigenvalue weighted by Gasteiger charge is -1.98. The van der Waals surface area contributed by atoms with Crippen molar-refractivity contribution in [3.05, 3.63) is 82.7 Å². The first-order chi connectivity index (χ1) is 13.6. The van der Waals surface area contributed by atoms with Crippen LogP contribution in [0.4, 0.5) is 0 Å². The second-order valence-electron chi connectivity index (χ2n) is 6.31. The van der Waals surface area contributed by atoms with Gasteiger partial charge in [-0.15, -0.1) is 0 Å². The number of carbonyl (C=O) groups is 1. The van der Waals surface area contributed by atoms with E-state index in [0.29, 0.717) is 22.2 Å². The highest BCUT2D eigenvalue weighted by molar-refractivity contribution is 6.30. The summed E-state index contributed by atoms with van der Waals surface area (Å²) in [6.45, 7) is 2.19. The Morgan fingerprint density at radius 1 is 0.964 bits per heavy atom. The highest BCUT2D eigenvalue weighted by Crippen LogP contribution is 2.22. The molecule has 0 fully saturated rings. The lowest BCUT2D eigenvalue weighted by Crippen LogP contribution is -2.22. The van der Waals surface area contributed by atoms with Gasteiger partial charge in [-0.2, -0.15) is 0 Å². The Balaban J connectivity index is 1.40. The average molecular weight is 394 g/mol. The van der Waals surface area contributed by atoms with Crippen molar-refractivity contribution in [1.29, 1.82) is 0 Å². The SMILES string of the molecule is Cc1ccc(-c2cc(C(=O)NCc3cc(-c4ccc(Cl)cc4)no3)no2)cc1. The summed E-state index contributed by atoms with van der Waals surface area (Å²) in [5.74, 6) is 0.710. The van der Waals surface area contributed by atoms with E-state index >= 15 is 0 Å². The van der Waals surface area contributed by atoms with Crippen LogP contribution in [0.1, 0.15) is 21.8 Å². The second kappa shape index (κ2) is 7.70. The van der Waals surface area contributed by atoms with Gasteiger partial charge in [0.25, 0.3) is 5.91 Å². The lowest BCUT2D eigenvalue weighted by atomic mass is 10.1. The van der Waals surface area contributed by atoms with Gasteiger partial charge in [-0.1, -0.05) is 63.9 Å². The summed E-state index contributed by atoms with van der Waals surface area (Å²) in [4.78, 5) is 12.3. The zero-order valence-corrected chi connectivity index (χ0v) is 15.7. The molecule has 0 radical (unpaired) electrons. The molecular formula is C21H16ClN3O3. The zero-order chi connectivity index (χ0) is 19.5. The molecule has 2 heterocycles. The molecule has 4 rings (SSSR count). The van der Waals surface area contributed by atoms with Gasteiger partial charge in [0.05, 0.1) is 6.54 Å². The Morgan fingerprint density at radius 3 is 2.43 bits per heavy atom. The minimum absolute atomic E-state index is 0.187. The van der Waals surface area contributed by atoms with Crippen molar-refractivity contribution in [2.24, 2.45) is 0 Å². The molecule has 0 unspecified atom stereocenters. The number of carbonyl (C=O) groups excluding carboxylic acids is 1. The molecule has 0 aliphatic rings. The summed E-state index contributed by atoms with van der Waals surface area (Å²) in [6, 6.07) is 18.4. The summed E-state index contributed by atoms with van der Waals surface area (Å²) >= 11 is 5.89. The van der Waals surface area contributed by atoms with Gasteiger partial charge < -0.3 is 14.4 Å². The van der Waals surface area contributed by atoms with E-state index in [1.807, 2.05) is 43.3 Å². The quantitative estimate of drug-likeness (QED) is 0.522. The van der Waals surface area contributed by atoms with Gasteiger partial charge in [-0.05, 0) is 19.1 Å². The minimum Gasteiger partial charge on any atom is -0.359 e. The first-order valence-corrected chi connectivity index (χ1v) is 9.00. The van der Waals surface area contributed by atoms with Crippen molar-refractivity contribution in [2.75, 3.05) is 0 Å². The maximum absolute atomic E-state index is 12.3. The highest BCUT2D eigenvalue weighted by Gasteiger charge is 2.15. The Labute approximate surface area is 166 Å². The number of nitrogens with one attached hydrogen (secondary N) is 1. The highest BCUT2D eigenvalue weighted by atomic mass is 35.5. The number of nitrogens with zero attached hydrogens (tertiary/aromatic N) is 2. The molecule has 0 saturated heterocycles. The summed E-state index contributed by atoms with van der Waals surface area (Å²) in [6.07, 6.45) is 0. The van der Waals surface area contributed by atoms with Crippen LogP contribution in [-0.4, -0.2) is 16.2 Å². The molecule has 2 aromatic carbocycles. The fourth-order valence-corrected chi connectivity index (χ4v) is 2.77. The van der Waals surface area contributed by atoms with Gasteiger partial charge in [0.15, 0.2) is 17.2 Å². The van der Waals surface area contributed by atoms with Crippen LogP contribution in [-0.2, 0) is 6.54 Å². The van der Waals surface area contributed by atoms with E-state index < -0.39 is 0 Å². The summed E-state index contributed by atoms with van der Waals surface area (Å²) in [7, 11) is 0. The number of halogens is 1. The van der Waals surface area contributed by atoms with E-state index in [0.717, 1.165) is 16.7 Å². The smallest absolute Gasteiger partial charge is 0.273 e. The van der Waals surface area contributed by atoms with E-state index in [1.54, 1.807) is 24.3 Å². The van der Waals surface area contributed by atoms with Gasteiger partial charge >= 0.3 is 0 Å². The molecule has 0 atom stereocenters. The predicted molar refractivity (Wildman–Crippen MR) is 105 cm³/mol. The molecule has 140 valence electrons. The van der Waals surface area contributed by atoms with E-state index in [9.17, 15) is 4.79 Å². The standard InChI is InChI=1S/C21H16ClN3O3/c1-13-2-4-15(5-3-13)20-11-19(25-28-20)21(26)23-12-17-10-18(24-27-17)14-6-8-16(22)9-7-14/h2-11H,12H2,1H3,(H,23,26). The molecular weight excluding hydrogens is 378 g/mol. The first kappa shape index (κ1) is 18.0. The van der Waals surface area contributed by atoms with E-state index in [2.05, 4.69) is 15.6 Å². The van der Waals surface area contributed by atoms with Crippen LogP contribution in [0.3, 0.4) is 0 Å². The molecule has 0 bridgehead atoms. The minimum atomic E-state index is -0.355. The van der Waals surface area contributed by atoms with Crippen molar-refractivity contribution < 1.29 is 13.8 Å². The number of amides is 1. The van der Waals surface area contributed by atoms with Gasteiger partial charge in [-0.3, -0.25) is 4.79 Å². The third-order valence-corrected chi connectivity index (χ3v) is 4.45. The van der Waals surface area contributed by atoms with Gasteiger partial charge in [0.1, 0.15) is 5.69 Å². The van der Waals surface area contributed by atoms with Crippen molar-refractivity contribution >= 4 is 17.5 Å². The number of rotatable bonds is 5. The average Bonchev–Trinajstić information content (AvgIpc) is 3.37. The van der Waals surface area contributed by atoms with Gasteiger partial charge in [0, 0.05) is 28.3 Å². The number of hydrogen-bond acceptors (Lipinski definition) is 5. The fraction of sp³-hybridized carbons (Fsp3) is 0.0952. The van der Waals surface area contributed by atoms with Crippen molar-refractivity contribution in [3.63, 3.8) is 0 Å². The summed E-state index contributed by atoms with van der Waals surface area (Å²) in [5, 5.41) is 11.3. The summed E-state index contributed by atoms with van der Waals surface area (Å²) < 4.78 is 10.6. The second-order valence-corrected chi connectivity index (χ2v) is 6.75. The summed E-state index contributed by atoms with van der Waals surface area (Å²) in [5.41, 5.74) is 3.76. The van der Waals surface area contributed by atoms with E-state index in [-0.39, 0.29) is 18.1 Å².